The van der Waals surface area contributed by atoms with E-state index in [0.717, 1.165) is 0 Å². The number of hydrogen-bond donors (Lipinski definition) is 0. The van der Waals surface area contributed by atoms with Crippen LogP contribution in [-0.2, 0) is 14.4 Å². The van der Waals surface area contributed by atoms with E-state index in [1.807, 2.05) is 0 Å². The Morgan fingerprint density at radius 2 is 1.47 bits per heavy atom. The average Bonchev–Trinajstić information content (AvgIpc) is 2.16. The highest BCUT2D eigenvalue weighted by molar-refractivity contribution is 5.88. The smallest absolute Gasteiger partial charge is 0.245 e. The van der Waals surface area contributed by atoms with Gasteiger partial charge in [-0.25, -0.2) is 0 Å². The van der Waals surface area contributed by atoms with Gasteiger partial charge in [0.05, 0.1) is 0 Å². The fourth-order valence-electron chi connectivity index (χ4n) is 1.05. The third-order valence-corrected chi connectivity index (χ3v) is 1.95. The molecule has 0 aromatic heterocycles. The predicted molar refractivity (Wildman–Crippen MR) is 57.4 cm³/mol. The second kappa shape index (κ2) is 6.92. The molecule has 0 aliphatic heterocycles. The van der Waals surface area contributed by atoms with E-state index in [4.69, 9.17) is 0 Å². The molecule has 4 nitrogen and oxygen atoms in total. The van der Waals surface area contributed by atoms with Crippen LogP contribution in [0.5, 0.6) is 0 Å². The van der Waals surface area contributed by atoms with Gasteiger partial charge in [-0.15, -0.1) is 0 Å². The van der Waals surface area contributed by atoms with Crippen LogP contribution in [0.25, 0.3) is 0 Å². The van der Waals surface area contributed by atoms with Gasteiger partial charge in [0.1, 0.15) is 11.6 Å². The van der Waals surface area contributed by atoms with Crippen molar-refractivity contribution in [2.75, 3.05) is 13.1 Å². The maximum Gasteiger partial charge on any atom is 0.245 e. The van der Waals surface area contributed by atoms with Crippen molar-refractivity contribution in [3.05, 3.63) is 12.7 Å². The molecule has 84 valence electrons. The highest BCUT2D eigenvalue weighted by atomic mass is 16.2. The van der Waals surface area contributed by atoms with Gasteiger partial charge in [0.15, 0.2) is 0 Å². The van der Waals surface area contributed by atoms with Gasteiger partial charge in [-0.3, -0.25) is 14.4 Å². The lowest BCUT2D eigenvalue weighted by Gasteiger charge is -2.19. The molecule has 0 aliphatic rings. The number of hydrogen-bond acceptors (Lipinski definition) is 3. The second-order valence-corrected chi connectivity index (χ2v) is 3.43. The highest BCUT2D eigenvalue weighted by Crippen LogP contribution is 1.98. The number of carbonyl (C=O) groups is 3. The first-order chi connectivity index (χ1) is 6.97. The van der Waals surface area contributed by atoms with E-state index in [1.54, 1.807) is 0 Å². The first-order valence-corrected chi connectivity index (χ1v) is 4.87. The molecule has 0 spiro atoms. The summed E-state index contributed by atoms with van der Waals surface area (Å²) in [5.41, 5.74) is 0. The van der Waals surface area contributed by atoms with Gasteiger partial charge >= 0.3 is 0 Å². The number of amides is 1. The van der Waals surface area contributed by atoms with E-state index in [9.17, 15) is 14.4 Å². The Hall–Kier alpha value is -1.45. The van der Waals surface area contributed by atoms with Crippen LogP contribution in [0, 0.1) is 0 Å². The molecule has 0 aromatic rings. The maximum atomic E-state index is 11.3. The topological polar surface area (TPSA) is 54.5 Å². The summed E-state index contributed by atoms with van der Waals surface area (Å²) in [6, 6.07) is 0. The Bertz CT molecular complexity index is 253. The van der Waals surface area contributed by atoms with Crippen LogP contribution in [0.3, 0.4) is 0 Å². The number of carbonyl (C=O) groups excluding carboxylic acids is 3. The molecule has 0 N–H and O–H groups in total. The zero-order valence-electron chi connectivity index (χ0n) is 9.28. The van der Waals surface area contributed by atoms with Crippen LogP contribution < -0.4 is 0 Å². The lowest BCUT2D eigenvalue weighted by molar-refractivity contribution is -0.127. The molecule has 0 aromatic carbocycles. The normalized spacial score (nSPS) is 9.47. The molecule has 0 aliphatic carbocycles. The molecule has 0 rings (SSSR count). The number of Topliss-reactive ketones (excluding diaryl/α,β-unsaturated/α-hetero) is 2. The number of ketones is 2. The fourth-order valence-corrected chi connectivity index (χ4v) is 1.05. The summed E-state index contributed by atoms with van der Waals surface area (Å²) in [4.78, 5) is 34.3. The molecule has 0 atom stereocenters. The molecular weight excluding hydrogens is 194 g/mol. The van der Waals surface area contributed by atoms with Crippen LogP contribution in [-0.4, -0.2) is 35.5 Å². The van der Waals surface area contributed by atoms with Gasteiger partial charge in [0, 0.05) is 25.9 Å². The van der Waals surface area contributed by atoms with Crippen molar-refractivity contribution in [1.29, 1.82) is 0 Å². The SMILES string of the molecule is C=CC(=O)N(CCC(C)=O)CCC(C)=O. The van der Waals surface area contributed by atoms with E-state index in [0.29, 0.717) is 25.9 Å². The molecule has 0 heterocycles. The zero-order valence-corrected chi connectivity index (χ0v) is 9.28. The van der Waals surface area contributed by atoms with Crippen molar-refractivity contribution < 1.29 is 14.4 Å². The van der Waals surface area contributed by atoms with Crippen molar-refractivity contribution >= 4 is 17.5 Å². The van der Waals surface area contributed by atoms with Crippen molar-refractivity contribution in [3.63, 3.8) is 0 Å². The maximum absolute atomic E-state index is 11.3. The summed E-state index contributed by atoms with van der Waals surface area (Å²) in [7, 11) is 0. The van der Waals surface area contributed by atoms with Crippen LogP contribution in [0.2, 0.25) is 0 Å². The summed E-state index contributed by atoms with van der Waals surface area (Å²) in [5.74, 6) is -0.183. The van der Waals surface area contributed by atoms with Gasteiger partial charge in [0.2, 0.25) is 5.91 Å². The Balaban J connectivity index is 4.18. The third-order valence-electron chi connectivity index (χ3n) is 1.95. The summed E-state index contributed by atoms with van der Waals surface area (Å²) in [5, 5.41) is 0. The quantitative estimate of drug-likeness (QED) is 0.589. The first kappa shape index (κ1) is 13.5. The van der Waals surface area contributed by atoms with E-state index >= 15 is 0 Å². The number of rotatable bonds is 7. The lowest BCUT2D eigenvalue weighted by Crippen LogP contribution is -2.33. The largest absolute Gasteiger partial charge is 0.338 e. The molecule has 0 bridgehead atoms. The summed E-state index contributed by atoms with van der Waals surface area (Å²) >= 11 is 0. The van der Waals surface area contributed by atoms with E-state index in [2.05, 4.69) is 6.58 Å². The molecule has 0 saturated heterocycles. The number of nitrogens with zero attached hydrogens (tertiary/aromatic N) is 1. The molecule has 0 fully saturated rings. The van der Waals surface area contributed by atoms with Gasteiger partial charge in [0.25, 0.3) is 0 Å². The summed E-state index contributed by atoms with van der Waals surface area (Å²) in [6.07, 6.45) is 1.83. The third kappa shape index (κ3) is 6.60. The molecule has 15 heavy (non-hydrogen) atoms. The Morgan fingerprint density at radius 3 is 1.73 bits per heavy atom. The Kier molecular flexibility index (Phi) is 6.25. The van der Waals surface area contributed by atoms with Crippen LogP contribution in [0.1, 0.15) is 26.7 Å². The zero-order chi connectivity index (χ0) is 11.8. The highest BCUT2D eigenvalue weighted by Gasteiger charge is 2.11. The van der Waals surface area contributed by atoms with Gasteiger partial charge in [-0.05, 0) is 19.9 Å². The summed E-state index contributed by atoms with van der Waals surface area (Å²) in [6.45, 7) is 7.03. The second-order valence-electron chi connectivity index (χ2n) is 3.43. The monoisotopic (exact) mass is 211 g/mol. The van der Waals surface area contributed by atoms with E-state index < -0.39 is 0 Å². The van der Waals surface area contributed by atoms with Crippen molar-refractivity contribution in [2.45, 2.75) is 26.7 Å². The molecule has 0 radical (unpaired) electrons. The van der Waals surface area contributed by atoms with Crippen molar-refractivity contribution in [3.8, 4) is 0 Å². The standard InChI is InChI=1S/C11H17NO3/c1-4-11(15)12(7-5-9(2)13)8-6-10(3)14/h4H,1,5-8H2,2-3H3. The molecule has 0 unspecified atom stereocenters. The van der Waals surface area contributed by atoms with Crippen LogP contribution >= 0.6 is 0 Å². The minimum atomic E-state index is -0.238. The molecule has 4 heteroatoms. The molecule has 1 amide bonds. The van der Waals surface area contributed by atoms with Gasteiger partial charge in [-0.1, -0.05) is 6.58 Å². The van der Waals surface area contributed by atoms with Crippen molar-refractivity contribution in [2.24, 2.45) is 0 Å². The molecular formula is C11H17NO3. The Morgan fingerprint density at radius 1 is 1.07 bits per heavy atom. The van der Waals surface area contributed by atoms with Gasteiger partial charge < -0.3 is 4.90 Å². The minimum absolute atomic E-state index is 0.0275. The molecule has 0 saturated carbocycles. The van der Waals surface area contributed by atoms with Gasteiger partial charge in [-0.2, -0.15) is 0 Å². The summed E-state index contributed by atoms with van der Waals surface area (Å²) < 4.78 is 0. The fraction of sp³-hybridized carbons (Fsp3) is 0.545. The average molecular weight is 211 g/mol. The van der Waals surface area contributed by atoms with Crippen LogP contribution in [0.15, 0.2) is 12.7 Å². The first-order valence-electron chi connectivity index (χ1n) is 4.87. The minimum Gasteiger partial charge on any atom is -0.338 e. The van der Waals surface area contributed by atoms with E-state index in [-0.39, 0.29) is 17.5 Å². The predicted octanol–water partition coefficient (Wildman–Crippen LogP) is 0.959. The van der Waals surface area contributed by atoms with Crippen molar-refractivity contribution in [1.82, 2.24) is 4.90 Å². The lowest BCUT2D eigenvalue weighted by atomic mass is 10.2. The van der Waals surface area contributed by atoms with E-state index in [1.165, 1.54) is 24.8 Å². The van der Waals surface area contributed by atoms with Crippen LogP contribution in [0.4, 0.5) is 0 Å². The Labute approximate surface area is 89.9 Å².